The molecule has 33 heavy (non-hydrogen) atoms. The molecular weight excluding hydrogens is 420 g/mol. The van der Waals surface area contributed by atoms with Gasteiger partial charge in [0.25, 0.3) is 0 Å². The number of aliphatic carboxylic acids is 1. The van der Waals surface area contributed by atoms with Crippen molar-refractivity contribution in [3.05, 3.63) is 66.0 Å². The molecular formula is C25H24N4O4. The Labute approximate surface area is 190 Å². The van der Waals surface area contributed by atoms with Crippen molar-refractivity contribution >= 4 is 23.3 Å². The molecule has 0 spiro atoms. The van der Waals surface area contributed by atoms with E-state index < -0.39 is 5.97 Å². The van der Waals surface area contributed by atoms with Gasteiger partial charge in [-0.1, -0.05) is 6.07 Å². The highest BCUT2D eigenvalue weighted by Crippen LogP contribution is 2.33. The number of imidazole rings is 1. The third kappa shape index (κ3) is 3.95. The summed E-state index contributed by atoms with van der Waals surface area (Å²) in [4.78, 5) is 20.7. The van der Waals surface area contributed by atoms with Crippen molar-refractivity contribution in [3.8, 4) is 22.8 Å². The average molecular weight is 444 g/mol. The number of aromatic nitrogens is 3. The minimum Gasteiger partial charge on any atom is -0.493 e. The molecule has 2 aromatic heterocycles. The van der Waals surface area contributed by atoms with Gasteiger partial charge < -0.3 is 19.9 Å². The Kier molecular flexibility index (Phi) is 5.34. The fraction of sp³-hybridized carbons (Fsp3) is 0.240. The number of aryl methyl sites for hydroxylation is 1. The number of nitrogens with one attached hydrogen (secondary N) is 1. The van der Waals surface area contributed by atoms with E-state index in [1.165, 1.54) is 5.56 Å². The molecule has 0 amide bonds. The molecule has 0 radical (unpaired) electrons. The first-order valence-electron chi connectivity index (χ1n) is 10.7. The van der Waals surface area contributed by atoms with Crippen LogP contribution >= 0.6 is 0 Å². The Hall–Kier alpha value is -4.07. The second kappa shape index (κ2) is 8.46. The average Bonchev–Trinajstić information content (AvgIpc) is 3.32. The maximum atomic E-state index is 11.4. The number of fused-ring (bicyclic) bond motifs is 2. The van der Waals surface area contributed by atoms with Gasteiger partial charge in [-0.3, -0.25) is 9.20 Å². The van der Waals surface area contributed by atoms with Crippen molar-refractivity contribution in [2.75, 3.05) is 19.5 Å². The number of hydrogen-bond donors (Lipinski definition) is 2. The van der Waals surface area contributed by atoms with E-state index in [2.05, 4.69) is 16.4 Å². The van der Waals surface area contributed by atoms with Gasteiger partial charge in [0.2, 0.25) is 5.95 Å². The molecule has 0 fully saturated rings. The molecule has 2 aromatic carbocycles. The van der Waals surface area contributed by atoms with Crippen LogP contribution in [-0.4, -0.2) is 39.7 Å². The number of rotatable bonds is 6. The van der Waals surface area contributed by atoms with Crippen LogP contribution in [0.25, 0.3) is 16.9 Å². The van der Waals surface area contributed by atoms with Crippen molar-refractivity contribution in [3.63, 3.8) is 0 Å². The van der Waals surface area contributed by atoms with Crippen molar-refractivity contribution in [1.29, 1.82) is 0 Å². The first-order valence-corrected chi connectivity index (χ1v) is 10.7. The lowest BCUT2D eigenvalue weighted by atomic mass is 9.84. The summed E-state index contributed by atoms with van der Waals surface area (Å²) in [5.41, 5.74) is 5.56. The number of anilines is 2. The van der Waals surface area contributed by atoms with Crippen LogP contribution in [0.2, 0.25) is 0 Å². The van der Waals surface area contributed by atoms with Crippen LogP contribution < -0.4 is 14.8 Å². The van der Waals surface area contributed by atoms with E-state index in [1.54, 1.807) is 20.4 Å². The summed E-state index contributed by atoms with van der Waals surface area (Å²) in [5.74, 6) is 0.891. The van der Waals surface area contributed by atoms with Crippen LogP contribution in [0.1, 0.15) is 17.5 Å². The standard InChI is InChI=1S/C25H24N4O4/c1-32-21-8-6-17(13-22(21)33-2)20-14-23-26-9-10-29(23)25(28-20)27-19-7-5-15-11-18(24(30)31)4-3-16(15)12-19/h5-10,12-14,18H,3-4,11H2,1-2H3,(H,27,28)(H,30,31). The zero-order valence-corrected chi connectivity index (χ0v) is 18.4. The summed E-state index contributed by atoms with van der Waals surface area (Å²) in [6.07, 6.45) is 5.58. The van der Waals surface area contributed by atoms with E-state index in [-0.39, 0.29) is 5.92 Å². The van der Waals surface area contributed by atoms with Crippen molar-refractivity contribution in [1.82, 2.24) is 14.4 Å². The van der Waals surface area contributed by atoms with E-state index >= 15 is 0 Å². The van der Waals surface area contributed by atoms with Gasteiger partial charge in [0.1, 0.15) is 5.65 Å². The number of nitrogens with zero attached hydrogens (tertiary/aromatic N) is 3. The molecule has 5 rings (SSSR count). The van der Waals surface area contributed by atoms with Gasteiger partial charge in [-0.2, -0.15) is 0 Å². The number of carboxylic acid groups (broad SMARTS) is 1. The van der Waals surface area contributed by atoms with Crippen LogP contribution in [0.5, 0.6) is 11.5 Å². The summed E-state index contributed by atoms with van der Waals surface area (Å²) < 4.78 is 12.7. The predicted molar refractivity (Wildman–Crippen MR) is 124 cm³/mol. The molecule has 0 saturated carbocycles. The highest BCUT2D eigenvalue weighted by molar-refractivity contribution is 5.72. The minimum atomic E-state index is -0.721. The second-order valence-electron chi connectivity index (χ2n) is 8.08. The Morgan fingerprint density at radius 2 is 1.94 bits per heavy atom. The van der Waals surface area contributed by atoms with Crippen LogP contribution in [0, 0.1) is 5.92 Å². The van der Waals surface area contributed by atoms with Gasteiger partial charge in [0.15, 0.2) is 11.5 Å². The molecule has 2 N–H and O–H groups in total. The number of ether oxygens (including phenoxy) is 2. The summed E-state index contributed by atoms with van der Waals surface area (Å²) >= 11 is 0. The van der Waals surface area contributed by atoms with Crippen molar-refractivity contribution in [2.24, 2.45) is 5.92 Å². The highest BCUT2D eigenvalue weighted by atomic mass is 16.5. The third-order valence-electron chi connectivity index (χ3n) is 6.11. The van der Waals surface area contributed by atoms with Gasteiger partial charge in [0.05, 0.1) is 25.8 Å². The summed E-state index contributed by atoms with van der Waals surface area (Å²) in [7, 11) is 3.21. The number of carbonyl (C=O) groups is 1. The number of methoxy groups -OCH3 is 2. The molecule has 4 aromatic rings. The Balaban J connectivity index is 1.50. The van der Waals surface area contributed by atoms with Crippen LogP contribution in [0.4, 0.5) is 11.6 Å². The van der Waals surface area contributed by atoms with Gasteiger partial charge in [-0.25, -0.2) is 9.97 Å². The highest BCUT2D eigenvalue weighted by Gasteiger charge is 2.24. The van der Waals surface area contributed by atoms with Crippen LogP contribution in [0.15, 0.2) is 54.9 Å². The normalized spacial score (nSPS) is 15.2. The van der Waals surface area contributed by atoms with E-state index in [9.17, 15) is 9.90 Å². The van der Waals surface area contributed by atoms with Crippen molar-refractivity contribution < 1.29 is 19.4 Å². The predicted octanol–water partition coefficient (Wildman–Crippen LogP) is 4.35. The molecule has 0 aliphatic heterocycles. The summed E-state index contributed by atoms with van der Waals surface area (Å²) in [6, 6.07) is 13.7. The summed E-state index contributed by atoms with van der Waals surface area (Å²) in [5, 5.41) is 12.7. The molecule has 8 heteroatoms. The molecule has 1 aliphatic rings. The molecule has 0 bridgehead atoms. The van der Waals surface area contributed by atoms with Gasteiger partial charge in [-0.15, -0.1) is 0 Å². The zero-order chi connectivity index (χ0) is 22.9. The van der Waals surface area contributed by atoms with E-state index in [4.69, 9.17) is 14.5 Å². The lowest BCUT2D eigenvalue weighted by Crippen LogP contribution is -2.22. The lowest BCUT2D eigenvalue weighted by molar-refractivity contribution is -0.142. The molecule has 8 nitrogen and oxygen atoms in total. The Bertz CT molecular complexity index is 1350. The molecule has 1 unspecified atom stereocenters. The van der Waals surface area contributed by atoms with E-state index in [1.807, 2.05) is 47.0 Å². The van der Waals surface area contributed by atoms with Crippen LogP contribution in [-0.2, 0) is 17.6 Å². The van der Waals surface area contributed by atoms with Gasteiger partial charge >= 0.3 is 5.97 Å². The quantitative estimate of drug-likeness (QED) is 0.456. The zero-order valence-electron chi connectivity index (χ0n) is 18.4. The molecule has 168 valence electrons. The minimum absolute atomic E-state index is 0.304. The fourth-order valence-corrected chi connectivity index (χ4v) is 4.33. The first kappa shape index (κ1) is 20.8. The monoisotopic (exact) mass is 444 g/mol. The molecule has 1 aliphatic carbocycles. The Morgan fingerprint density at radius 1 is 1.09 bits per heavy atom. The molecule has 2 heterocycles. The van der Waals surface area contributed by atoms with Gasteiger partial charge in [-0.05, 0) is 60.7 Å². The number of benzene rings is 2. The van der Waals surface area contributed by atoms with Gasteiger partial charge in [0, 0.05) is 29.7 Å². The van der Waals surface area contributed by atoms with Crippen LogP contribution in [0.3, 0.4) is 0 Å². The third-order valence-corrected chi connectivity index (χ3v) is 6.11. The SMILES string of the molecule is COc1ccc(-c2cc3nccn3c(Nc3ccc4c(c3)CCC(C(=O)O)C4)n2)cc1OC. The van der Waals surface area contributed by atoms with E-state index in [0.29, 0.717) is 30.3 Å². The topological polar surface area (TPSA) is 98.0 Å². The summed E-state index contributed by atoms with van der Waals surface area (Å²) in [6.45, 7) is 0. The maximum Gasteiger partial charge on any atom is 0.306 e. The largest absolute Gasteiger partial charge is 0.493 e. The molecule has 1 atom stereocenters. The fourth-order valence-electron chi connectivity index (χ4n) is 4.33. The number of carboxylic acids is 1. The lowest BCUT2D eigenvalue weighted by Gasteiger charge is -2.22. The van der Waals surface area contributed by atoms with Crippen molar-refractivity contribution in [2.45, 2.75) is 19.3 Å². The number of hydrogen-bond acceptors (Lipinski definition) is 6. The second-order valence-corrected chi connectivity index (χ2v) is 8.08. The maximum absolute atomic E-state index is 11.4. The smallest absolute Gasteiger partial charge is 0.306 e. The molecule has 0 saturated heterocycles. The van der Waals surface area contributed by atoms with E-state index in [0.717, 1.165) is 34.6 Å². The Morgan fingerprint density at radius 3 is 2.73 bits per heavy atom. The first-order chi connectivity index (χ1) is 16.1.